The number of aromatic amines is 1. The number of nitrogens with zero attached hydrogens (tertiary/aromatic N) is 4. The minimum absolute atomic E-state index is 0.247. The van der Waals surface area contributed by atoms with Crippen molar-refractivity contribution in [2.24, 2.45) is 7.05 Å². The summed E-state index contributed by atoms with van der Waals surface area (Å²) in [6, 6.07) is 8.28. The molecule has 0 spiro atoms. The summed E-state index contributed by atoms with van der Waals surface area (Å²) >= 11 is 0. The fourth-order valence-corrected chi connectivity index (χ4v) is 3.89. The van der Waals surface area contributed by atoms with Crippen molar-refractivity contribution in [3.8, 4) is 0 Å². The standard InChI is InChI=1S/C20H25N5O3/c1-4-28-12-11-25-18(26)16-17(22(3)20(25)27)21-19-23(9-6-10-24(16)19)15-8-5-7-14(2)13-15/h5,7-8,13H,4,6,9-12H2,1-3H3/p+1. The van der Waals surface area contributed by atoms with Gasteiger partial charge < -0.3 is 4.74 Å². The third-order valence-electron chi connectivity index (χ3n) is 5.28. The van der Waals surface area contributed by atoms with Gasteiger partial charge in [-0.05, 0) is 31.5 Å². The number of aromatic nitrogens is 4. The van der Waals surface area contributed by atoms with Gasteiger partial charge in [-0.1, -0.05) is 12.1 Å². The van der Waals surface area contributed by atoms with Crippen molar-refractivity contribution in [2.75, 3.05) is 24.7 Å². The molecule has 0 saturated carbocycles. The van der Waals surface area contributed by atoms with Crippen LogP contribution in [0.5, 0.6) is 0 Å². The van der Waals surface area contributed by atoms with Crippen molar-refractivity contribution in [3.63, 3.8) is 0 Å². The summed E-state index contributed by atoms with van der Waals surface area (Å²) < 4.78 is 10.1. The van der Waals surface area contributed by atoms with Gasteiger partial charge in [0, 0.05) is 20.1 Å². The second-order valence-electron chi connectivity index (χ2n) is 7.14. The van der Waals surface area contributed by atoms with E-state index in [1.807, 2.05) is 17.6 Å². The average molecular weight is 384 g/mol. The maximum atomic E-state index is 13.2. The quantitative estimate of drug-likeness (QED) is 0.530. The molecule has 0 radical (unpaired) electrons. The van der Waals surface area contributed by atoms with E-state index in [1.54, 1.807) is 7.05 Å². The number of H-pyrrole nitrogens is 1. The Hall–Kier alpha value is -2.87. The molecule has 0 aliphatic carbocycles. The Kier molecular flexibility index (Phi) is 4.80. The zero-order valence-electron chi connectivity index (χ0n) is 16.6. The zero-order valence-corrected chi connectivity index (χ0v) is 16.6. The highest BCUT2D eigenvalue weighted by atomic mass is 16.5. The highest BCUT2D eigenvalue weighted by molar-refractivity contribution is 5.70. The number of hydrogen-bond acceptors (Lipinski definition) is 4. The van der Waals surface area contributed by atoms with E-state index in [-0.39, 0.29) is 17.8 Å². The van der Waals surface area contributed by atoms with Crippen LogP contribution in [0.1, 0.15) is 18.9 Å². The van der Waals surface area contributed by atoms with E-state index in [1.165, 1.54) is 14.7 Å². The van der Waals surface area contributed by atoms with E-state index in [9.17, 15) is 9.59 Å². The van der Waals surface area contributed by atoms with E-state index in [4.69, 9.17) is 4.74 Å². The molecule has 1 aliphatic heterocycles. The fraction of sp³-hybridized carbons (Fsp3) is 0.450. The number of imidazole rings is 1. The number of fused-ring (bicyclic) bond motifs is 3. The van der Waals surface area contributed by atoms with Crippen LogP contribution in [0, 0.1) is 6.92 Å². The molecular weight excluding hydrogens is 358 g/mol. The SMILES string of the molecule is CCOCCn1c(=O)c2c([nH]c3[n+]2CCCN3c2cccc(C)c2)n(C)c1=O. The molecule has 28 heavy (non-hydrogen) atoms. The predicted octanol–water partition coefficient (Wildman–Crippen LogP) is 1.20. The van der Waals surface area contributed by atoms with Crippen LogP contribution in [0.25, 0.3) is 11.2 Å². The lowest BCUT2D eigenvalue weighted by Gasteiger charge is -2.22. The average Bonchev–Trinajstić information content (AvgIpc) is 3.09. The molecule has 3 aromatic rings. The molecule has 0 atom stereocenters. The van der Waals surface area contributed by atoms with Gasteiger partial charge in [-0.15, -0.1) is 0 Å². The van der Waals surface area contributed by atoms with Gasteiger partial charge in [-0.2, -0.15) is 0 Å². The molecule has 1 aliphatic rings. The Labute approximate surface area is 162 Å². The summed E-state index contributed by atoms with van der Waals surface area (Å²) in [6.45, 7) is 6.67. The number of nitrogens with one attached hydrogen (secondary N) is 1. The minimum Gasteiger partial charge on any atom is -0.380 e. The minimum atomic E-state index is -0.335. The highest BCUT2D eigenvalue weighted by Crippen LogP contribution is 2.26. The summed E-state index contributed by atoms with van der Waals surface area (Å²) in [5.74, 6) is 0.835. The smallest absolute Gasteiger partial charge is 0.364 e. The molecular formula is C20H26N5O3+. The largest absolute Gasteiger partial charge is 0.380 e. The van der Waals surface area contributed by atoms with E-state index in [2.05, 4.69) is 35.0 Å². The van der Waals surface area contributed by atoms with Crippen LogP contribution in [0.2, 0.25) is 0 Å². The molecule has 4 rings (SSSR count). The second kappa shape index (κ2) is 7.27. The first kappa shape index (κ1) is 18.5. The van der Waals surface area contributed by atoms with Crippen LogP contribution in [-0.2, 0) is 24.9 Å². The molecule has 0 bridgehead atoms. The maximum absolute atomic E-state index is 13.2. The monoisotopic (exact) mass is 384 g/mol. The molecule has 0 amide bonds. The Bertz CT molecular complexity index is 1140. The molecule has 1 N–H and O–H groups in total. The third-order valence-corrected chi connectivity index (χ3v) is 5.28. The third kappa shape index (κ3) is 2.93. The molecule has 8 nitrogen and oxygen atoms in total. The van der Waals surface area contributed by atoms with Crippen LogP contribution in [0.15, 0.2) is 33.9 Å². The van der Waals surface area contributed by atoms with Crippen molar-refractivity contribution in [1.82, 2.24) is 14.1 Å². The summed E-state index contributed by atoms with van der Waals surface area (Å²) in [5, 5.41) is 0. The Morgan fingerprint density at radius 2 is 2.11 bits per heavy atom. The summed E-state index contributed by atoms with van der Waals surface area (Å²) in [6.07, 6.45) is 0.916. The van der Waals surface area contributed by atoms with Gasteiger partial charge in [0.15, 0.2) is 0 Å². The number of benzene rings is 1. The zero-order chi connectivity index (χ0) is 19.8. The van der Waals surface area contributed by atoms with Gasteiger partial charge in [-0.3, -0.25) is 13.9 Å². The fourth-order valence-electron chi connectivity index (χ4n) is 3.89. The van der Waals surface area contributed by atoms with Crippen molar-refractivity contribution in [3.05, 3.63) is 50.7 Å². The molecule has 0 unspecified atom stereocenters. The van der Waals surface area contributed by atoms with Gasteiger partial charge in [0.1, 0.15) is 5.69 Å². The predicted molar refractivity (Wildman–Crippen MR) is 107 cm³/mol. The van der Waals surface area contributed by atoms with Crippen molar-refractivity contribution >= 4 is 22.8 Å². The molecule has 1 aromatic carbocycles. The van der Waals surface area contributed by atoms with Crippen LogP contribution in [-0.4, -0.2) is 33.9 Å². The number of ether oxygens (including phenoxy) is 1. The molecule has 148 valence electrons. The Morgan fingerprint density at radius 3 is 2.86 bits per heavy atom. The van der Waals surface area contributed by atoms with Gasteiger partial charge in [0.25, 0.3) is 5.56 Å². The molecule has 2 aromatic heterocycles. The van der Waals surface area contributed by atoms with Crippen molar-refractivity contribution in [2.45, 2.75) is 33.4 Å². The molecule has 0 saturated heterocycles. The molecule has 8 heteroatoms. The van der Waals surface area contributed by atoms with Gasteiger partial charge in [-0.25, -0.2) is 19.2 Å². The summed E-state index contributed by atoms with van der Waals surface area (Å²) in [4.78, 5) is 31.4. The number of aryl methyl sites for hydroxylation is 3. The van der Waals surface area contributed by atoms with Gasteiger partial charge in [0.2, 0.25) is 11.2 Å². The maximum Gasteiger partial charge on any atom is 0.364 e. The van der Waals surface area contributed by atoms with Crippen LogP contribution in [0.3, 0.4) is 0 Å². The number of hydrogen-bond donors (Lipinski definition) is 1. The first-order valence-corrected chi connectivity index (χ1v) is 9.70. The summed E-state index contributed by atoms with van der Waals surface area (Å²) in [5.41, 5.74) is 2.73. The lowest BCUT2D eigenvalue weighted by molar-refractivity contribution is -0.663. The normalized spacial score (nSPS) is 13.9. The second-order valence-corrected chi connectivity index (χ2v) is 7.14. The number of rotatable bonds is 5. The summed E-state index contributed by atoms with van der Waals surface area (Å²) in [7, 11) is 1.70. The topological polar surface area (TPSA) is 76.1 Å². The number of anilines is 2. The van der Waals surface area contributed by atoms with Crippen LogP contribution >= 0.6 is 0 Å². The van der Waals surface area contributed by atoms with E-state index in [0.29, 0.717) is 24.4 Å². The Balaban J connectivity index is 1.90. The van der Waals surface area contributed by atoms with E-state index >= 15 is 0 Å². The molecule has 0 fully saturated rings. The lowest BCUT2D eigenvalue weighted by atomic mass is 10.2. The first-order chi connectivity index (χ1) is 13.5. The van der Waals surface area contributed by atoms with Crippen LogP contribution in [0.4, 0.5) is 11.6 Å². The van der Waals surface area contributed by atoms with Gasteiger partial charge >= 0.3 is 11.6 Å². The first-order valence-electron chi connectivity index (χ1n) is 9.70. The van der Waals surface area contributed by atoms with Crippen molar-refractivity contribution in [1.29, 1.82) is 0 Å². The van der Waals surface area contributed by atoms with Gasteiger partial charge in [0.05, 0.1) is 26.2 Å². The Morgan fingerprint density at radius 1 is 1.29 bits per heavy atom. The molecule has 3 heterocycles. The highest BCUT2D eigenvalue weighted by Gasteiger charge is 2.33. The van der Waals surface area contributed by atoms with Crippen molar-refractivity contribution < 1.29 is 9.30 Å². The van der Waals surface area contributed by atoms with Crippen LogP contribution < -0.4 is 20.7 Å². The van der Waals surface area contributed by atoms with E-state index < -0.39 is 0 Å². The van der Waals surface area contributed by atoms with E-state index in [0.717, 1.165) is 31.1 Å². The lowest BCUT2D eigenvalue weighted by Crippen LogP contribution is -2.49.